The summed E-state index contributed by atoms with van der Waals surface area (Å²) in [6.07, 6.45) is 5.39. The molecular weight excluding hydrogens is 526 g/mol. The first kappa shape index (κ1) is 27.8. The number of nitrogens with zero attached hydrogens (tertiary/aromatic N) is 4. The van der Waals surface area contributed by atoms with Crippen molar-refractivity contribution in [3.05, 3.63) is 60.5 Å². The van der Waals surface area contributed by atoms with Crippen LogP contribution in [0.1, 0.15) is 12.5 Å². The number of benzene rings is 2. The summed E-state index contributed by atoms with van der Waals surface area (Å²) < 4.78 is 16.4. The summed E-state index contributed by atoms with van der Waals surface area (Å²) in [7, 11) is 3.17. The van der Waals surface area contributed by atoms with Crippen LogP contribution in [0.4, 0.5) is 17.2 Å². The Balaban J connectivity index is 1.50. The third kappa shape index (κ3) is 6.04. The molecule has 0 bridgehead atoms. The number of hydrogen-bond donors (Lipinski definition) is 1. The SMILES string of the molecule is COCCOc1cc2ncnc(Nc3ccc(N4CCN(C(C)=O)CC4)c(C4=CC(=O)C=CC4=O)c3)c2cc1OC. The van der Waals surface area contributed by atoms with Crippen molar-refractivity contribution < 1.29 is 28.6 Å². The van der Waals surface area contributed by atoms with Crippen LogP contribution in [-0.4, -0.2) is 86.0 Å². The molecule has 0 radical (unpaired) electrons. The molecule has 3 aromatic rings. The van der Waals surface area contributed by atoms with Gasteiger partial charge < -0.3 is 29.3 Å². The van der Waals surface area contributed by atoms with Gasteiger partial charge in [0.1, 0.15) is 18.8 Å². The summed E-state index contributed by atoms with van der Waals surface area (Å²) in [5.74, 6) is 1.14. The molecule has 1 aliphatic carbocycles. The van der Waals surface area contributed by atoms with Gasteiger partial charge in [-0.2, -0.15) is 0 Å². The number of amides is 1. The molecule has 0 atom stereocenters. The number of carbonyl (C=O) groups is 3. The molecule has 1 amide bonds. The van der Waals surface area contributed by atoms with Crippen LogP contribution in [0.5, 0.6) is 11.5 Å². The first-order valence-electron chi connectivity index (χ1n) is 13.2. The molecule has 2 heterocycles. The number of anilines is 3. The maximum atomic E-state index is 12.9. The average molecular weight is 558 g/mol. The zero-order chi connectivity index (χ0) is 28.9. The van der Waals surface area contributed by atoms with Crippen molar-refractivity contribution in [1.82, 2.24) is 14.9 Å². The number of hydrogen-bond acceptors (Lipinski definition) is 10. The zero-order valence-corrected chi connectivity index (χ0v) is 23.2. The molecule has 5 rings (SSSR count). The van der Waals surface area contributed by atoms with E-state index in [2.05, 4.69) is 20.2 Å². The molecule has 2 aromatic carbocycles. The first-order valence-corrected chi connectivity index (χ1v) is 13.2. The predicted molar refractivity (Wildman–Crippen MR) is 155 cm³/mol. The number of fused-ring (bicyclic) bond motifs is 1. The lowest BCUT2D eigenvalue weighted by Crippen LogP contribution is -2.48. The molecule has 1 N–H and O–H groups in total. The Kier molecular flexibility index (Phi) is 8.25. The normalized spacial score (nSPS) is 15.2. The molecule has 2 aliphatic rings. The second-order valence-corrected chi connectivity index (χ2v) is 9.59. The lowest BCUT2D eigenvalue weighted by Gasteiger charge is -2.37. The highest BCUT2D eigenvalue weighted by Crippen LogP contribution is 2.37. The number of ether oxygens (including phenoxy) is 3. The predicted octanol–water partition coefficient (Wildman–Crippen LogP) is 3.17. The summed E-state index contributed by atoms with van der Waals surface area (Å²) in [5.41, 5.74) is 3.07. The number of nitrogens with one attached hydrogen (secondary N) is 1. The summed E-state index contributed by atoms with van der Waals surface area (Å²) in [4.78, 5) is 49.8. The van der Waals surface area contributed by atoms with E-state index >= 15 is 0 Å². The van der Waals surface area contributed by atoms with Gasteiger partial charge in [0.25, 0.3) is 0 Å². The average Bonchev–Trinajstić information content (AvgIpc) is 2.98. The van der Waals surface area contributed by atoms with Gasteiger partial charge in [0.2, 0.25) is 5.91 Å². The molecule has 0 saturated carbocycles. The van der Waals surface area contributed by atoms with Crippen LogP contribution in [0.25, 0.3) is 16.5 Å². The fourth-order valence-corrected chi connectivity index (χ4v) is 4.89. The molecule has 0 unspecified atom stereocenters. The van der Waals surface area contributed by atoms with Gasteiger partial charge in [-0.15, -0.1) is 0 Å². The molecule has 1 aromatic heterocycles. The summed E-state index contributed by atoms with van der Waals surface area (Å²) in [6.45, 7) is 4.72. The highest BCUT2D eigenvalue weighted by molar-refractivity contribution is 6.34. The van der Waals surface area contributed by atoms with Gasteiger partial charge in [-0.25, -0.2) is 9.97 Å². The lowest BCUT2D eigenvalue weighted by molar-refractivity contribution is -0.129. The maximum Gasteiger partial charge on any atom is 0.219 e. The van der Waals surface area contributed by atoms with E-state index in [0.717, 1.165) is 5.69 Å². The van der Waals surface area contributed by atoms with E-state index in [-0.39, 0.29) is 17.5 Å². The first-order chi connectivity index (χ1) is 19.9. The smallest absolute Gasteiger partial charge is 0.219 e. The third-order valence-corrected chi connectivity index (χ3v) is 7.03. The number of aromatic nitrogens is 2. The highest BCUT2D eigenvalue weighted by Gasteiger charge is 2.25. The van der Waals surface area contributed by atoms with Gasteiger partial charge in [0, 0.05) is 74.2 Å². The van der Waals surface area contributed by atoms with Crippen molar-refractivity contribution in [3.8, 4) is 11.5 Å². The Hall–Kier alpha value is -4.77. The van der Waals surface area contributed by atoms with Crippen LogP contribution in [0.3, 0.4) is 0 Å². The standard InChI is InChI=1S/C30H31N5O6/c1-19(36)34-8-10-35(11-9-34)26-6-4-20(14-22(26)23-15-21(37)5-7-27(23)38)33-30-24-16-28(40-3)29(41-13-12-39-2)17-25(24)31-18-32-30/h4-7,14-18H,8-13H2,1-3H3,(H,31,32,33). The topological polar surface area (TPSA) is 123 Å². The number of methoxy groups -OCH3 is 2. The van der Waals surface area contributed by atoms with Crippen LogP contribution >= 0.6 is 0 Å². The second kappa shape index (κ2) is 12.2. The molecule has 212 valence electrons. The Morgan fingerprint density at radius 2 is 1.78 bits per heavy atom. The summed E-state index contributed by atoms with van der Waals surface area (Å²) >= 11 is 0. The van der Waals surface area contributed by atoms with Crippen molar-refractivity contribution in [2.24, 2.45) is 0 Å². The monoisotopic (exact) mass is 557 g/mol. The number of allylic oxidation sites excluding steroid dienone is 4. The van der Waals surface area contributed by atoms with Crippen molar-refractivity contribution in [3.63, 3.8) is 0 Å². The van der Waals surface area contributed by atoms with Gasteiger partial charge in [-0.3, -0.25) is 14.4 Å². The van der Waals surface area contributed by atoms with E-state index < -0.39 is 0 Å². The zero-order valence-electron chi connectivity index (χ0n) is 23.2. The van der Waals surface area contributed by atoms with Crippen molar-refractivity contribution in [2.75, 3.05) is 63.8 Å². The van der Waals surface area contributed by atoms with E-state index in [4.69, 9.17) is 14.2 Å². The van der Waals surface area contributed by atoms with E-state index in [1.807, 2.05) is 18.2 Å². The minimum Gasteiger partial charge on any atom is -0.493 e. The van der Waals surface area contributed by atoms with E-state index in [1.165, 1.54) is 24.6 Å². The van der Waals surface area contributed by atoms with Gasteiger partial charge >= 0.3 is 0 Å². The quantitative estimate of drug-likeness (QED) is 0.310. The van der Waals surface area contributed by atoms with Gasteiger partial charge in [0.15, 0.2) is 23.1 Å². The van der Waals surface area contributed by atoms with Gasteiger partial charge in [-0.05, 0) is 42.5 Å². The Morgan fingerprint density at radius 3 is 2.51 bits per heavy atom. The molecule has 1 fully saturated rings. The highest BCUT2D eigenvalue weighted by atomic mass is 16.5. The molecule has 1 saturated heterocycles. The number of piperazine rings is 1. The Morgan fingerprint density at radius 1 is 0.976 bits per heavy atom. The number of carbonyl (C=O) groups excluding carboxylic acids is 3. The summed E-state index contributed by atoms with van der Waals surface area (Å²) in [6, 6.07) is 9.25. The van der Waals surface area contributed by atoms with Crippen LogP contribution in [0.15, 0.2) is 54.9 Å². The summed E-state index contributed by atoms with van der Waals surface area (Å²) in [5, 5.41) is 4.06. The molecule has 11 nitrogen and oxygen atoms in total. The van der Waals surface area contributed by atoms with Crippen molar-refractivity contribution in [2.45, 2.75) is 6.92 Å². The molecule has 11 heteroatoms. The van der Waals surface area contributed by atoms with E-state index in [0.29, 0.717) is 84.4 Å². The third-order valence-electron chi connectivity index (χ3n) is 7.03. The van der Waals surface area contributed by atoms with E-state index in [1.54, 1.807) is 38.2 Å². The number of ketones is 2. The molecule has 0 spiro atoms. The maximum absolute atomic E-state index is 12.9. The van der Waals surface area contributed by atoms with E-state index in [9.17, 15) is 14.4 Å². The Labute approximate surface area is 237 Å². The minimum atomic E-state index is -0.247. The second-order valence-electron chi connectivity index (χ2n) is 9.59. The fraction of sp³-hybridized carbons (Fsp3) is 0.300. The molecule has 1 aliphatic heterocycles. The Bertz CT molecular complexity index is 1560. The van der Waals surface area contributed by atoms with Crippen LogP contribution in [0.2, 0.25) is 0 Å². The van der Waals surface area contributed by atoms with Crippen LogP contribution in [0, 0.1) is 0 Å². The fourth-order valence-electron chi connectivity index (χ4n) is 4.89. The van der Waals surface area contributed by atoms with Gasteiger partial charge in [0.05, 0.1) is 19.2 Å². The largest absolute Gasteiger partial charge is 0.493 e. The van der Waals surface area contributed by atoms with Crippen molar-refractivity contribution in [1.29, 1.82) is 0 Å². The van der Waals surface area contributed by atoms with Gasteiger partial charge in [-0.1, -0.05) is 0 Å². The molecule has 41 heavy (non-hydrogen) atoms. The van der Waals surface area contributed by atoms with Crippen LogP contribution < -0.4 is 19.7 Å². The minimum absolute atomic E-state index is 0.0349. The van der Waals surface area contributed by atoms with Crippen molar-refractivity contribution >= 4 is 51.1 Å². The number of rotatable bonds is 9. The van der Waals surface area contributed by atoms with Crippen LogP contribution in [-0.2, 0) is 19.1 Å². The molecular formula is C30H31N5O6. The lowest BCUT2D eigenvalue weighted by atomic mass is 9.93.